The Morgan fingerprint density at radius 1 is 1.35 bits per heavy atom. The molecule has 1 aromatic carbocycles. The lowest BCUT2D eigenvalue weighted by atomic mass is 10.00. The molecule has 1 aromatic rings. The molecule has 2 unspecified atom stereocenters. The fourth-order valence-corrected chi connectivity index (χ4v) is 3.33. The third kappa shape index (κ3) is 3.44. The van der Waals surface area contributed by atoms with Gasteiger partial charge in [-0.3, -0.25) is 4.79 Å². The van der Waals surface area contributed by atoms with E-state index in [9.17, 15) is 4.79 Å². The van der Waals surface area contributed by atoms with Crippen molar-refractivity contribution in [1.82, 2.24) is 10.6 Å². The molecule has 0 radical (unpaired) electrons. The van der Waals surface area contributed by atoms with Gasteiger partial charge in [-0.15, -0.1) is 0 Å². The van der Waals surface area contributed by atoms with Gasteiger partial charge in [-0.25, -0.2) is 0 Å². The van der Waals surface area contributed by atoms with Crippen LogP contribution in [0.1, 0.15) is 25.7 Å². The molecule has 2 aliphatic heterocycles. The first-order valence-electron chi connectivity index (χ1n) is 7.13. The molecule has 20 heavy (non-hydrogen) atoms. The number of amides is 1. The first kappa shape index (κ1) is 13.7. The fourth-order valence-electron chi connectivity index (χ4n) is 3.15. The van der Waals surface area contributed by atoms with Crippen molar-refractivity contribution in [3.63, 3.8) is 0 Å². The quantitative estimate of drug-likeness (QED) is 0.894. The lowest BCUT2D eigenvalue weighted by Crippen LogP contribution is -2.48. The number of halogens is 1. The van der Waals surface area contributed by atoms with Gasteiger partial charge in [0.15, 0.2) is 6.61 Å². The highest BCUT2D eigenvalue weighted by atomic mass is 35.5. The third-order valence-electron chi connectivity index (χ3n) is 4.00. The predicted octanol–water partition coefficient (Wildman–Crippen LogP) is 2.12. The Balaban J connectivity index is 1.45. The maximum atomic E-state index is 11.9. The molecular formula is C15H19ClN2O2. The highest BCUT2D eigenvalue weighted by Gasteiger charge is 2.33. The Labute approximate surface area is 123 Å². The summed E-state index contributed by atoms with van der Waals surface area (Å²) >= 11 is 5.87. The second-order valence-electron chi connectivity index (χ2n) is 5.62. The van der Waals surface area contributed by atoms with Crippen molar-refractivity contribution >= 4 is 17.5 Å². The summed E-state index contributed by atoms with van der Waals surface area (Å²) in [5.74, 6) is 0.564. The fraction of sp³-hybridized carbons (Fsp3) is 0.533. The molecular weight excluding hydrogens is 276 g/mol. The number of carbonyl (C=O) groups is 1. The Morgan fingerprint density at radius 2 is 2.10 bits per heavy atom. The van der Waals surface area contributed by atoms with Crippen molar-refractivity contribution in [2.24, 2.45) is 0 Å². The number of ether oxygens (including phenoxy) is 1. The topological polar surface area (TPSA) is 50.4 Å². The van der Waals surface area contributed by atoms with Gasteiger partial charge in [-0.05, 0) is 43.9 Å². The minimum atomic E-state index is -0.0590. The molecule has 5 heteroatoms. The normalized spacial score (nSPS) is 28.1. The number of nitrogens with one attached hydrogen (secondary N) is 2. The van der Waals surface area contributed by atoms with Gasteiger partial charge in [0.1, 0.15) is 5.75 Å². The van der Waals surface area contributed by atoms with E-state index in [1.54, 1.807) is 24.3 Å². The van der Waals surface area contributed by atoms with Crippen molar-refractivity contribution in [3.05, 3.63) is 29.3 Å². The molecule has 108 valence electrons. The lowest BCUT2D eigenvalue weighted by Gasteiger charge is -2.29. The smallest absolute Gasteiger partial charge is 0.258 e. The summed E-state index contributed by atoms with van der Waals surface area (Å²) in [4.78, 5) is 11.9. The van der Waals surface area contributed by atoms with Crippen LogP contribution < -0.4 is 15.4 Å². The van der Waals surface area contributed by atoms with Gasteiger partial charge in [-0.2, -0.15) is 0 Å². The van der Waals surface area contributed by atoms with Crippen LogP contribution in [0.15, 0.2) is 24.3 Å². The zero-order valence-electron chi connectivity index (χ0n) is 11.3. The molecule has 0 aliphatic carbocycles. The van der Waals surface area contributed by atoms with Gasteiger partial charge >= 0.3 is 0 Å². The van der Waals surface area contributed by atoms with Crippen LogP contribution in [0, 0.1) is 0 Å². The number of rotatable bonds is 4. The molecule has 4 nitrogen and oxygen atoms in total. The van der Waals surface area contributed by atoms with E-state index in [0.29, 0.717) is 22.9 Å². The van der Waals surface area contributed by atoms with Gasteiger partial charge in [0, 0.05) is 23.1 Å². The number of benzene rings is 1. The largest absolute Gasteiger partial charge is 0.484 e. The summed E-state index contributed by atoms with van der Waals surface area (Å²) in [5, 5.41) is 7.24. The second-order valence-corrected chi connectivity index (χ2v) is 6.06. The number of hydrogen-bond donors (Lipinski definition) is 2. The molecule has 1 amide bonds. The van der Waals surface area contributed by atoms with Crippen LogP contribution in [0.5, 0.6) is 5.75 Å². The van der Waals surface area contributed by atoms with Crippen LogP contribution >= 0.6 is 11.6 Å². The van der Waals surface area contributed by atoms with Gasteiger partial charge in [0.05, 0.1) is 0 Å². The van der Waals surface area contributed by atoms with Gasteiger partial charge in [-0.1, -0.05) is 17.7 Å². The molecule has 0 saturated carbocycles. The summed E-state index contributed by atoms with van der Waals surface area (Å²) in [6.45, 7) is 0.0413. The summed E-state index contributed by atoms with van der Waals surface area (Å²) < 4.78 is 5.45. The first-order chi connectivity index (χ1) is 9.69. The highest BCUT2D eigenvalue weighted by molar-refractivity contribution is 6.30. The van der Waals surface area contributed by atoms with Gasteiger partial charge < -0.3 is 15.4 Å². The molecule has 2 N–H and O–H groups in total. The summed E-state index contributed by atoms with van der Waals surface area (Å²) in [7, 11) is 0. The number of carbonyl (C=O) groups excluding carboxylic acids is 1. The highest BCUT2D eigenvalue weighted by Crippen LogP contribution is 2.26. The predicted molar refractivity (Wildman–Crippen MR) is 78.1 cm³/mol. The third-order valence-corrected chi connectivity index (χ3v) is 4.24. The van der Waals surface area contributed by atoms with Crippen LogP contribution in [0.25, 0.3) is 0 Å². The number of fused-ring (bicyclic) bond motifs is 2. The van der Waals surface area contributed by atoms with Crippen molar-refractivity contribution in [1.29, 1.82) is 0 Å². The van der Waals surface area contributed by atoms with Gasteiger partial charge in [0.2, 0.25) is 0 Å². The van der Waals surface area contributed by atoms with E-state index in [1.807, 2.05) is 0 Å². The lowest BCUT2D eigenvalue weighted by molar-refractivity contribution is -0.124. The average molecular weight is 295 g/mol. The van der Waals surface area contributed by atoms with Crippen LogP contribution in [-0.4, -0.2) is 30.6 Å². The minimum Gasteiger partial charge on any atom is -0.484 e. The van der Waals surface area contributed by atoms with E-state index in [4.69, 9.17) is 16.3 Å². The minimum absolute atomic E-state index is 0.0413. The molecule has 2 saturated heterocycles. The average Bonchev–Trinajstić information content (AvgIpc) is 2.76. The molecule has 2 fully saturated rings. The van der Waals surface area contributed by atoms with Crippen molar-refractivity contribution in [3.8, 4) is 5.75 Å². The number of hydrogen-bond acceptors (Lipinski definition) is 3. The Hall–Kier alpha value is -1.26. The zero-order valence-corrected chi connectivity index (χ0v) is 12.0. The van der Waals surface area contributed by atoms with E-state index >= 15 is 0 Å². The van der Waals surface area contributed by atoms with E-state index in [1.165, 1.54) is 12.8 Å². The molecule has 2 atom stereocenters. The SMILES string of the molecule is O=C(COc1cccc(Cl)c1)NC1CC2CCC(C1)N2. The molecule has 2 aliphatic rings. The number of piperidine rings is 1. The standard InChI is InChI=1S/C15H19ClN2O2/c16-10-2-1-3-14(6-10)20-9-15(19)18-13-7-11-4-5-12(8-13)17-11/h1-3,6,11-13,17H,4-5,7-9H2,(H,18,19). The van der Waals surface area contributed by atoms with Crippen molar-refractivity contribution < 1.29 is 9.53 Å². The van der Waals surface area contributed by atoms with Crippen LogP contribution in [0.2, 0.25) is 5.02 Å². The van der Waals surface area contributed by atoms with E-state index in [-0.39, 0.29) is 18.6 Å². The van der Waals surface area contributed by atoms with Crippen LogP contribution in [0.3, 0.4) is 0 Å². The molecule has 0 aromatic heterocycles. The maximum absolute atomic E-state index is 11.9. The summed E-state index contributed by atoms with van der Waals surface area (Å²) in [6.07, 6.45) is 4.52. The monoisotopic (exact) mass is 294 g/mol. The van der Waals surface area contributed by atoms with E-state index in [0.717, 1.165) is 12.8 Å². The second kappa shape index (κ2) is 6.02. The van der Waals surface area contributed by atoms with Crippen molar-refractivity contribution in [2.75, 3.05) is 6.61 Å². The van der Waals surface area contributed by atoms with Crippen LogP contribution in [-0.2, 0) is 4.79 Å². The van der Waals surface area contributed by atoms with E-state index < -0.39 is 0 Å². The molecule has 2 heterocycles. The maximum Gasteiger partial charge on any atom is 0.258 e. The molecule has 2 bridgehead atoms. The summed E-state index contributed by atoms with van der Waals surface area (Å²) in [5.41, 5.74) is 0. The van der Waals surface area contributed by atoms with Crippen molar-refractivity contribution in [2.45, 2.75) is 43.8 Å². The molecule has 0 spiro atoms. The first-order valence-corrected chi connectivity index (χ1v) is 7.50. The van der Waals surface area contributed by atoms with E-state index in [2.05, 4.69) is 10.6 Å². The summed E-state index contributed by atoms with van der Waals surface area (Å²) in [6, 6.07) is 8.52. The Kier molecular flexibility index (Phi) is 4.13. The van der Waals surface area contributed by atoms with Crippen LogP contribution in [0.4, 0.5) is 0 Å². The Morgan fingerprint density at radius 3 is 2.80 bits per heavy atom. The van der Waals surface area contributed by atoms with Gasteiger partial charge in [0.25, 0.3) is 5.91 Å². The zero-order chi connectivity index (χ0) is 13.9. The Bertz CT molecular complexity index is 483. The molecule has 3 rings (SSSR count).